The number of hydrogen-bond acceptors (Lipinski definition) is 4. The number of esters is 1. The molecule has 2 heterocycles. The molecule has 0 fully saturated rings. The van der Waals surface area contributed by atoms with Gasteiger partial charge in [-0.25, -0.2) is 9.78 Å². The Hall–Kier alpha value is -2.82. The normalized spacial score (nSPS) is 10.6. The molecule has 0 saturated carbocycles. The largest absolute Gasteiger partial charge is 0.497 e. The number of benzene rings is 1. The van der Waals surface area contributed by atoms with Crippen molar-refractivity contribution < 1.29 is 14.3 Å². The van der Waals surface area contributed by atoms with Gasteiger partial charge in [-0.05, 0) is 29.8 Å². The lowest BCUT2D eigenvalue weighted by Gasteiger charge is -2.02. The standard InChI is InChI=1S/C17H16N2O3/c1-21-14-8-6-12(7-9-14)10-13-11-19-15(17(20)22-2)4-3-5-16(19)18-13/h3-9,11H,10H2,1-2H3. The molecule has 5 nitrogen and oxygen atoms in total. The van der Waals surface area contributed by atoms with Crippen molar-refractivity contribution in [2.75, 3.05) is 14.2 Å². The number of ether oxygens (including phenoxy) is 2. The smallest absolute Gasteiger partial charge is 0.355 e. The zero-order chi connectivity index (χ0) is 15.5. The highest BCUT2D eigenvalue weighted by molar-refractivity contribution is 5.88. The van der Waals surface area contributed by atoms with Gasteiger partial charge in [0.25, 0.3) is 0 Å². The maximum Gasteiger partial charge on any atom is 0.355 e. The third-order valence-corrected chi connectivity index (χ3v) is 3.48. The van der Waals surface area contributed by atoms with E-state index in [-0.39, 0.29) is 5.97 Å². The summed E-state index contributed by atoms with van der Waals surface area (Å²) in [6.45, 7) is 0. The van der Waals surface area contributed by atoms with Crippen LogP contribution in [0.1, 0.15) is 21.7 Å². The van der Waals surface area contributed by atoms with Gasteiger partial charge in [0.15, 0.2) is 0 Å². The summed E-state index contributed by atoms with van der Waals surface area (Å²) in [6, 6.07) is 13.2. The van der Waals surface area contributed by atoms with Crippen LogP contribution < -0.4 is 4.74 Å². The van der Waals surface area contributed by atoms with Crippen LogP contribution in [0.25, 0.3) is 5.65 Å². The minimum atomic E-state index is -0.376. The number of methoxy groups -OCH3 is 2. The lowest BCUT2D eigenvalue weighted by Crippen LogP contribution is -2.06. The molecule has 0 N–H and O–H groups in total. The van der Waals surface area contributed by atoms with E-state index in [0.717, 1.165) is 22.7 Å². The average molecular weight is 296 g/mol. The van der Waals surface area contributed by atoms with E-state index in [1.807, 2.05) is 36.5 Å². The Morgan fingerprint density at radius 3 is 2.59 bits per heavy atom. The monoisotopic (exact) mass is 296 g/mol. The zero-order valence-corrected chi connectivity index (χ0v) is 12.4. The summed E-state index contributed by atoms with van der Waals surface area (Å²) in [5.74, 6) is 0.450. The second kappa shape index (κ2) is 5.89. The van der Waals surface area contributed by atoms with Crippen LogP contribution in [0.2, 0.25) is 0 Å². The van der Waals surface area contributed by atoms with Crippen molar-refractivity contribution in [1.82, 2.24) is 9.38 Å². The highest BCUT2D eigenvalue weighted by Gasteiger charge is 2.12. The topological polar surface area (TPSA) is 52.8 Å². The van der Waals surface area contributed by atoms with E-state index in [9.17, 15) is 4.79 Å². The first-order valence-corrected chi connectivity index (χ1v) is 6.89. The SMILES string of the molecule is COC(=O)c1cccc2nc(Cc3ccc(OC)cc3)cn12. The van der Waals surface area contributed by atoms with Gasteiger partial charge in [0, 0.05) is 12.6 Å². The predicted octanol–water partition coefficient (Wildman–Crippen LogP) is 2.72. The maximum atomic E-state index is 11.8. The molecule has 112 valence electrons. The number of carbonyl (C=O) groups excluding carboxylic acids is 1. The number of fused-ring (bicyclic) bond motifs is 1. The Kier molecular flexibility index (Phi) is 3.78. The lowest BCUT2D eigenvalue weighted by atomic mass is 10.1. The van der Waals surface area contributed by atoms with E-state index < -0.39 is 0 Å². The first-order valence-electron chi connectivity index (χ1n) is 6.89. The van der Waals surface area contributed by atoms with Gasteiger partial charge in [0.1, 0.15) is 17.1 Å². The number of carbonyl (C=O) groups is 1. The number of aromatic nitrogens is 2. The molecule has 5 heteroatoms. The molecule has 0 aliphatic carbocycles. The number of rotatable bonds is 4. The van der Waals surface area contributed by atoms with Gasteiger partial charge in [0.2, 0.25) is 0 Å². The average Bonchev–Trinajstić information content (AvgIpc) is 2.97. The van der Waals surface area contributed by atoms with Crippen LogP contribution in [0.15, 0.2) is 48.7 Å². The van der Waals surface area contributed by atoms with Crippen molar-refractivity contribution >= 4 is 11.6 Å². The van der Waals surface area contributed by atoms with Gasteiger partial charge in [-0.3, -0.25) is 4.40 Å². The summed E-state index contributed by atoms with van der Waals surface area (Å²) in [4.78, 5) is 16.3. The van der Waals surface area contributed by atoms with E-state index >= 15 is 0 Å². The Morgan fingerprint density at radius 2 is 1.91 bits per heavy atom. The third kappa shape index (κ3) is 2.65. The molecule has 1 aromatic carbocycles. The fraction of sp³-hybridized carbons (Fsp3) is 0.176. The molecule has 0 radical (unpaired) electrons. The molecular weight excluding hydrogens is 280 g/mol. The van der Waals surface area contributed by atoms with E-state index in [2.05, 4.69) is 4.98 Å². The van der Waals surface area contributed by atoms with Crippen LogP contribution in [-0.2, 0) is 11.2 Å². The number of imidazole rings is 1. The van der Waals surface area contributed by atoms with Crippen LogP contribution in [0.4, 0.5) is 0 Å². The van der Waals surface area contributed by atoms with Gasteiger partial charge < -0.3 is 9.47 Å². The van der Waals surface area contributed by atoms with Crippen molar-refractivity contribution in [3.63, 3.8) is 0 Å². The molecule has 0 bridgehead atoms. The first kappa shape index (κ1) is 14.1. The van der Waals surface area contributed by atoms with Gasteiger partial charge in [0.05, 0.1) is 19.9 Å². The molecule has 0 aliphatic rings. The number of nitrogens with zero attached hydrogens (tertiary/aromatic N) is 2. The van der Waals surface area contributed by atoms with Crippen molar-refractivity contribution in [2.45, 2.75) is 6.42 Å². The van der Waals surface area contributed by atoms with Crippen molar-refractivity contribution in [3.8, 4) is 5.75 Å². The van der Waals surface area contributed by atoms with Gasteiger partial charge >= 0.3 is 5.97 Å². The van der Waals surface area contributed by atoms with Crippen molar-refractivity contribution in [1.29, 1.82) is 0 Å². The van der Waals surface area contributed by atoms with E-state index in [1.54, 1.807) is 23.6 Å². The zero-order valence-electron chi connectivity index (χ0n) is 12.4. The van der Waals surface area contributed by atoms with E-state index in [1.165, 1.54) is 7.11 Å². The minimum Gasteiger partial charge on any atom is -0.497 e. The fourth-order valence-corrected chi connectivity index (χ4v) is 2.37. The molecule has 0 amide bonds. The second-order valence-electron chi connectivity index (χ2n) is 4.89. The molecule has 0 saturated heterocycles. The van der Waals surface area contributed by atoms with Crippen LogP contribution in [0.3, 0.4) is 0 Å². The quantitative estimate of drug-likeness (QED) is 0.695. The summed E-state index contributed by atoms with van der Waals surface area (Å²) in [7, 11) is 3.02. The van der Waals surface area contributed by atoms with Gasteiger partial charge in [-0.1, -0.05) is 18.2 Å². The summed E-state index contributed by atoms with van der Waals surface area (Å²) in [5, 5.41) is 0. The summed E-state index contributed by atoms with van der Waals surface area (Å²) in [5.41, 5.74) is 3.21. The Balaban J connectivity index is 1.93. The molecular formula is C17H16N2O3. The molecule has 2 aromatic heterocycles. The Morgan fingerprint density at radius 1 is 1.14 bits per heavy atom. The molecule has 0 spiro atoms. The predicted molar refractivity (Wildman–Crippen MR) is 82.3 cm³/mol. The highest BCUT2D eigenvalue weighted by atomic mass is 16.5. The fourth-order valence-electron chi connectivity index (χ4n) is 2.37. The van der Waals surface area contributed by atoms with Gasteiger partial charge in [-0.15, -0.1) is 0 Å². The second-order valence-corrected chi connectivity index (χ2v) is 4.89. The molecule has 0 aliphatic heterocycles. The number of hydrogen-bond donors (Lipinski definition) is 0. The maximum absolute atomic E-state index is 11.8. The van der Waals surface area contributed by atoms with Gasteiger partial charge in [-0.2, -0.15) is 0 Å². The van der Waals surface area contributed by atoms with Crippen LogP contribution in [0, 0.1) is 0 Å². The van der Waals surface area contributed by atoms with Crippen LogP contribution >= 0.6 is 0 Å². The van der Waals surface area contributed by atoms with Crippen molar-refractivity contribution in [3.05, 3.63) is 65.6 Å². The van der Waals surface area contributed by atoms with E-state index in [0.29, 0.717) is 12.1 Å². The molecule has 22 heavy (non-hydrogen) atoms. The highest BCUT2D eigenvalue weighted by Crippen LogP contribution is 2.16. The van der Waals surface area contributed by atoms with Crippen LogP contribution in [-0.4, -0.2) is 29.6 Å². The molecule has 3 rings (SSSR count). The molecule has 3 aromatic rings. The Labute approximate surface area is 128 Å². The molecule has 0 unspecified atom stereocenters. The lowest BCUT2D eigenvalue weighted by molar-refractivity contribution is 0.0592. The third-order valence-electron chi connectivity index (χ3n) is 3.48. The summed E-state index contributed by atoms with van der Waals surface area (Å²) >= 11 is 0. The molecule has 0 atom stereocenters. The van der Waals surface area contributed by atoms with Crippen molar-refractivity contribution in [2.24, 2.45) is 0 Å². The first-order chi connectivity index (χ1) is 10.7. The summed E-state index contributed by atoms with van der Waals surface area (Å²) < 4.78 is 11.7. The number of pyridine rings is 1. The summed E-state index contributed by atoms with van der Waals surface area (Å²) in [6.07, 6.45) is 2.55. The minimum absolute atomic E-state index is 0.376. The Bertz CT molecular complexity index is 806. The van der Waals surface area contributed by atoms with E-state index in [4.69, 9.17) is 9.47 Å². The van der Waals surface area contributed by atoms with Crippen LogP contribution in [0.5, 0.6) is 5.75 Å².